The van der Waals surface area contributed by atoms with E-state index in [-0.39, 0.29) is 18.6 Å². The molecule has 0 atom stereocenters. The van der Waals surface area contributed by atoms with Crippen LogP contribution >= 0.6 is 0 Å². The summed E-state index contributed by atoms with van der Waals surface area (Å²) < 4.78 is 21.4. The van der Waals surface area contributed by atoms with Gasteiger partial charge in [0.15, 0.2) is 0 Å². The third-order valence-electron chi connectivity index (χ3n) is 5.40. The van der Waals surface area contributed by atoms with Crippen molar-refractivity contribution < 1.29 is 28.5 Å². The monoisotopic (exact) mass is 453 g/mol. The predicted octanol–water partition coefficient (Wildman–Crippen LogP) is 4.02. The molecule has 176 valence electrons. The number of benzene rings is 2. The number of rotatable bonds is 12. The van der Waals surface area contributed by atoms with Crippen LogP contribution in [0, 0.1) is 0 Å². The second-order valence-electron chi connectivity index (χ2n) is 7.87. The van der Waals surface area contributed by atoms with E-state index in [1.165, 1.54) is 27.2 Å². The number of nitrogens with zero attached hydrogens (tertiary/aromatic N) is 1. The average molecular weight is 454 g/mol. The minimum atomic E-state index is -0.425. The number of hydrogen-bond donors (Lipinski definition) is 0. The van der Waals surface area contributed by atoms with Crippen molar-refractivity contribution in [1.29, 1.82) is 0 Å². The standard InChI is InChI=1S/C26H31NO6/c1-19(2)25(28)32-17-16-31-15-14-30-13-12-27(3)26(29)33-18-24-22-10-6-4-8-20(22)21-9-5-7-11-23(21)24/h4-11,24H,1,12-18H2,2-3H3. The molecule has 1 aliphatic rings. The van der Waals surface area contributed by atoms with Crippen LogP contribution in [-0.2, 0) is 23.7 Å². The van der Waals surface area contributed by atoms with E-state index in [0.717, 1.165) is 0 Å². The van der Waals surface area contributed by atoms with Gasteiger partial charge in [0.05, 0.1) is 26.4 Å². The molecule has 0 aromatic heterocycles. The summed E-state index contributed by atoms with van der Waals surface area (Å²) in [6.07, 6.45) is -0.379. The number of esters is 1. The second-order valence-corrected chi connectivity index (χ2v) is 7.87. The van der Waals surface area contributed by atoms with Gasteiger partial charge in [0.1, 0.15) is 13.2 Å². The molecular weight excluding hydrogens is 422 g/mol. The lowest BCUT2D eigenvalue weighted by Crippen LogP contribution is -2.32. The lowest BCUT2D eigenvalue weighted by Gasteiger charge is -2.19. The minimum Gasteiger partial charge on any atom is -0.460 e. The molecule has 0 saturated heterocycles. The maximum atomic E-state index is 12.4. The Morgan fingerprint density at radius 2 is 1.39 bits per heavy atom. The fraction of sp³-hybridized carbons (Fsp3) is 0.385. The van der Waals surface area contributed by atoms with E-state index in [2.05, 4.69) is 30.8 Å². The first-order valence-corrected chi connectivity index (χ1v) is 11.0. The van der Waals surface area contributed by atoms with E-state index < -0.39 is 5.97 Å². The number of amides is 1. The molecule has 0 fully saturated rings. The Hall–Kier alpha value is -3.16. The summed E-state index contributed by atoms with van der Waals surface area (Å²) in [5.41, 5.74) is 5.14. The maximum Gasteiger partial charge on any atom is 0.409 e. The minimum absolute atomic E-state index is 0.0396. The largest absolute Gasteiger partial charge is 0.460 e. The molecule has 2 aromatic carbocycles. The molecule has 7 nitrogen and oxygen atoms in total. The topological polar surface area (TPSA) is 74.3 Å². The van der Waals surface area contributed by atoms with Crippen LogP contribution in [0.4, 0.5) is 4.79 Å². The molecule has 3 rings (SSSR count). The van der Waals surface area contributed by atoms with Gasteiger partial charge in [0.2, 0.25) is 0 Å². The first kappa shape index (κ1) is 24.5. The van der Waals surface area contributed by atoms with Crippen molar-refractivity contribution in [2.75, 3.05) is 53.2 Å². The smallest absolute Gasteiger partial charge is 0.409 e. The number of ether oxygens (including phenoxy) is 4. The average Bonchev–Trinajstić information content (AvgIpc) is 3.14. The Kier molecular flexibility index (Phi) is 9.04. The highest BCUT2D eigenvalue weighted by Gasteiger charge is 2.29. The zero-order valence-electron chi connectivity index (χ0n) is 19.2. The molecule has 0 heterocycles. The Morgan fingerprint density at radius 1 is 0.848 bits per heavy atom. The van der Waals surface area contributed by atoms with E-state index in [1.807, 2.05) is 24.3 Å². The van der Waals surface area contributed by atoms with Gasteiger partial charge in [0.25, 0.3) is 0 Å². The van der Waals surface area contributed by atoms with E-state index in [1.54, 1.807) is 14.0 Å². The molecule has 0 bridgehead atoms. The zero-order chi connectivity index (χ0) is 23.6. The number of fused-ring (bicyclic) bond motifs is 3. The van der Waals surface area contributed by atoms with Gasteiger partial charge in [-0.2, -0.15) is 0 Å². The summed E-state index contributed by atoms with van der Waals surface area (Å²) in [6.45, 7) is 7.40. The van der Waals surface area contributed by atoms with Crippen LogP contribution in [0.15, 0.2) is 60.7 Å². The highest BCUT2D eigenvalue weighted by atomic mass is 16.6. The third-order valence-corrected chi connectivity index (χ3v) is 5.40. The molecule has 0 radical (unpaired) electrons. The highest BCUT2D eigenvalue weighted by molar-refractivity contribution is 5.86. The van der Waals surface area contributed by atoms with Crippen molar-refractivity contribution in [3.05, 3.63) is 71.8 Å². The summed E-state index contributed by atoms with van der Waals surface area (Å²) in [7, 11) is 1.69. The number of hydrogen-bond acceptors (Lipinski definition) is 6. The molecule has 0 unspecified atom stereocenters. The molecule has 7 heteroatoms. The van der Waals surface area contributed by atoms with Gasteiger partial charge in [0, 0.05) is 25.1 Å². The Bertz CT molecular complexity index is 927. The van der Waals surface area contributed by atoms with Gasteiger partial charge in [-0.15, -0.1) is 0 Å². The molecule has 2 aromatic rings. The van der Waals surface area contributed by atoms with Crippen LogP contribution in [-0.4, -0.2) is 70.2 Å². The Labute approximate surface area is 194 Å². The van der Waals surface area contributed by atoms with Gasteiger partial charge >= 0.3 is 12.1 Å². The normalized spacial score (nSPS) is 12.1. The SMILES string of the molecule is C=C(C)C(=O)OCCOCCOCCN(C)C(=O)OCC1c2ccccc2-c2ccccc21. The first-order valence-electron chi connectivity index (χ1n) is 11.0. The first-order chi connectivity index (χ1) is 16.0. The van der Waals surface area contributed by atoms with Crippen molar-refractivity contribution in [2.24, 2.45) is 0 Å². The lowest BCUT2D eigenvalue weighted by atomic mass is 9.98. The van der Waals surface area contributed by atoms with Gasteiger partial charge in [-0.3, -0.25) is 0 Å². The number of likely N-dealkylation sites (N-methyl/N-ethyl adjacent to an activating group) is 1. The molecular formula is C26H31NO6. The Morgan fingerprint density at radius 3 is 2.00 bits per heavy atom. The van der Waals surface area contributed by atoms with E-state index in [9.17, 15) is 9.59 Å². The molecule has 0 aliphatic heterocycles. The summed E-state index contributed by atoms with van der Waals surface area (Å²) in [5.74, 6) is -0.385. The van der Waals surface area contributed by atoms with E-state index in [0.29, 0.717) is 45.2 Å². The maximum absolute atomic E-state index is 12.4. The van der Waals surface area contributed by atoms with Crippen molar-refractivity contribution in [2.45, 2.75) is 12.8 Å². The number of carbonyl (C=O) groups is 2. The lowest BCUT2D eigenvalue weighted by molar-refractivity contribution is -0.140. The van der Waals surface area contributed by atoms with E-state index in [4.69, 9.17) is 18.9 Å². The van der Waals surface area contributed by atoms with Crippen molar-refractivity contribution in [3.8, 4) is 11.1 Å². The van der Waals surface area contributed by atoms with Crippen LogP contribution < -0.4 is 0 Å². The molecule has 0 saturated carbocycles. The van der Waals surface area contributed by atoms with Gasteiger partial charge in [-0.25, -0.2) is 9.59 Å². The third kappa shape index (κ3) is 6.66. The summed E-state index contributed by atoms with van der Waals surface area (Å²) >= 11 is 0. The van der Waals surface area contributed by atoms with Crippen molar-refractivity contribution in [1.82, 2.24) is 4.90 Å². The van der Waals surface area contributed by atoms with Gasteiger partial charge < -0.3 is 23.8 Å². The Balaban J connectivity index is 1.32. The van der Waals surface area contributed by atoms with Crippen LogP contribution in [0.3, 0.4) is 0 Å². The van der Waals surface area contributed by atoms with Crippen LogP contribution in [0.25, 0.3) is 11.1 Å². The van der Waals surface area contributed by atoms with Gasteiger partial charge in [-0.1, -0.05) is 55.1 Å². The van der Waals surface area contributed by atoms with Gasteiger partial charge in [-0.05, 0) is 29.2 Å². The fourth-order valence-electron chi connectivity index (χ4n) is 3.64. The van der Waals surface area contributed by atoms with E-state index >= 15 is 0 Å². The second kappa shape index (κ2) is 12.2. The summed E-state index contributed by atoms with van der Waals surface area (Å²) in [4.78, 5) is 25.2. The summed E-state index contributed by atoms with van der Waals surface area (Å²) in [6, 6.07) is 16.5. The van der Waals surface area contributed by atoms with Crippen molar-refractivity contribution >= 4 is 12.1 Å². The van der Waals surface area contributed by atoms with Crippen LogP contribution in [0.1, 0.15) is 24.0 Å². The molecule has 1 aliphatic carbocycles. The molecule has 1 amide bonds. The summed E-state index contributed by atoms with van der Waals surface area (Å²) in [5, 5.41) is 0. The molecule has 33 heavy (non-hydrogen) atoms. The molecule has 0 spiro atoms. The quantitative estimate of drug-likeness (QED) is 0.275. The molecule has 0 N–H and O–H groups in total. The highest BCUT2D eigenvalue weighted by Crippen LogP contribution is 2.44. The zero-order valence-corrected chi connectivity index (χ0v) is 19.2. The fourth-order valence-corrected chi connectivity index (χ4v) is 3.64. The van der Waals surface area contributed by atoms with Crippen LogP contribution in [0.2, 0.25) is 0 Å². The van der Waals surface area contributed by atoms with Crippen LogP contribution in [0.5, 0.6) is 0 Å². The predicted molar refractivity (Wildman–Crippen MR) is 125 cm³/mol. The van der Waals surface area contributed by atoms with Crippen molar-refractivity contribution in [3.63, 3.8) is 0 Å². The number of carbonyl (C=O) groups excluding carboxylic acids is 2.